The van der Waals surface area contributed by atoms with Crippen LogP contribution in [0.2, 0.25) is 0 Å². The summed E-state index contributed by atoms with van der Waals surface area (Å²) >= 11 is 0. The first kappa shape index (κ1) is 18.4. The van der Waals surface area contributed by atoms with E-state index in [1.54, 1.807) is 0 Å². The van der Waals surface area contributed by atoms with Crippen LogP contribution in [-0.4, -0.2) is 67.3 Å². The van der Waals surface area contributed by atoms with Gasteiger partial charge in [0, 0.05) is 32.3 Å². The molecule has 10 nitrogen and oxygen atoms in total. The number of rotatable bonds is 6. The summed E-state index contributed by atoms with van der Waals surface area (Å²) in [4.78, 5) is 36.7. The average molecular weight is 360 g/mol. The molecule has 134 valence electrons. The summed E-state index contributed by atoms with van der Waals surface area (Å²) in [6.45, 7) is 0.162. The molecule has 2 heterocycles. The van der Waals surface area contributed by atoms with Gasteiger partial charge in [-0.2, -0.15) is 0 Å². The number of amides is 1. The molecule has 0 saturated carbocycles. The molecule has 0 spiro atoms. The number of nitrogens with zero attached hydrogens (tertiary/aromatic N) is 2. The van der Waals surface area contributed by atoms with Gasteiger partial charge in [0.15, 0.2) is 0 Å². The van der Waals surface area contributed by atoms with E-state index >= 15 is 0 Å². The Morgan fingerprint density at radius 1 is 1.42 bits per heavy atom. The monoisotopic (exact) mass is 360 g/mol. The Kier molecular flexibility index (Phi) is 5.57. The SMILES string of the molecule is CN(C)S(=O)(=O)C[C@@H]1COC[C@H]1NC(=O)Cn1ccc(=O)[nH]c1=O. The minimum absolute atomic E-state index is 0.135. The average Bonchev–Trinajstić information content (AvgIpc) is 2.88. The predicted octanol–water partition coefficient (Wildman–Crippen LogP) is -2.44. The van der Waals surface area contributed by atoms with E-state index in [9.17, 15) is 22.8 Å². The van der Waals surface area contributed by atoms with Gasteiger partial charge in [0.05, 0.1) is 25.0 Å². The zero-order valence-electron chi connectivity index (χ0n) is 13.4. The molecule has 0 unspecified atom stereocenters. The maximum absolute atomic E-state index is 12.1. The lowest BCUT2D eigenvalue weighted by atomic mass is 10.1. The summed E-state index contributed by atoms with van der Waals surface area (Å²) in [6.07, 6.45) is 1.22. The van der Waals surface area contributed by atoms with Crippen molar-refractivity contribution in [3.63, 3.8) is 0 Å². The minimum atomic E-state index is -3.41. The van der Waals surface area contributed by atoms with Gasteiger partial charge in [-0.25, -0.2) is 17.5 Å². The van der Waals surface area contributed by atoms with Gasteiger partial charge in [0.25, 0.3) is 5.56 Å². The number of hydrogen-bond donors (Lipinski definition) is 2. The Balaban J connectivity index is 2.00. The predicted molar refractivity (Wildman–Crippen MR) is 85.0 cm³/mol. The molecule has 11 heteroatoms. The summed E-state index contributed by atoms with van der Waals surface area (Å²) in [5.74, 6) is -0.968. The van der Waals surface area contributed by atoms with Crippen LogP contribution in [-0.2, 0) is 26.1 Å². The topological polar surface area (TPSA) is 131 Å². The third-order valence-electron chi connectivity index (χ3n) is 3.74. The first-order valence-corrected chi connectivity index (χ1v) is 8.87. The fourth-order valence-corrected chi connectivity index (χ4v) is 3.49. The molecule has 0 bridgehead atoms. The molecule has 1 aromatic rings. The van der Waals surface area contributed by atoms with Crippen LogP contribution in [0.25, 0.3) is 0 Å². The summed E-state index contributed by atoms with van der Waals surface area (Å²) in [6, 6.07) is 0.686. The van der Waals surface area contributed by atoms with Crippen molar-refractivity contribution in [3.05, 3.63) is 33.1 Å². The van der Waals surface area contributed by atoms with Crippen LogP contribution in [0.15, 0.2) is 21.9 Å². The van der Waals surface area contributed by atoms with Crippen molar-refractivity contribution < 1.29 is 17.9 Å². The van der Waals surface area contributed by atoms with E-state index < -0.39 is 33.2 Å². The molecule has 0 aliphatic carbocycles. The van der Waals surface area contributed by atoms with Crippen LogP contribution in [0.5, 0.6) is 0 Å². The maximum atomic E-state index is 12.1. The number of hydrogen-bond acceptors (Lipinski definition) is 6. The molecule has 0 radical (unpaired) electrons. The highest BCUT2D eigenvalue weighted by Gasteiger charge is 2.34. The molecule has 2 atom stereocenters. The summed E-state index contributed by atoms with van der Waals surface area (Å²) in [7, 11) is -0.522. The van der Waals surface area contributed by atoms with Crippen molar-refractivity contribution in [2.75, 3.05) is 33.1 Å². The fourth-order valence-electron chi connectivity index (χ4n) is 2.32. The van der Waals surface area contributed by atoms with E-state index in [1.807, 2.05) is 0 Å². The first-order valence-electron chi connectivity index (χ1n) is 7.26. The van der Waals surface area contributed by atoms with Crippen molar-refractivity contribution in [1.29, 1.82) is 0 Å². The van der Waals surface area contributed by atoms with Crippen LogP contribution in [0, 0.1) is 5.92 Å². The zero-order chi connectivity index (χ0) is 17.9. The lowest BCUT2D eigenvalue weighted by Gasteiger charge is -2.21. The van der Waals surface area contributed by atoms with Crippen molar-refractivity contribution >= 4 is 15.9 Å². The van der Waals surface area contributed by atoms with Crippen molar-refractivity contribution in [3.8, 4) is 0 Å². The first-order chi connectivity index (χ1) is 11.2. The Morgan fingerprint density at radius 3 is 2.75 bits per heavy atom. The highest BCUT2D eigenvalue weighted by atomic mass is 32.2. The molecular formula is C13H20N4O6S. The zero-order valence-corrected chi connectivity index (χ0v) is 14.2. The number of carbonyl (C=O) groups is 1. The molecule has 1 aliphatic rings. The van der Waals surface area contributed by atoms with E-state index in [1.165, 1.54) is 20.3 Å². The van der Waals surface area contributed by atoms with Gasteiger partial charge in [-0.1, -0.05) is 0 Å². The normalized spacial score (nSPS) is 21.1. The molecule has 24 heavy (non-hydrogen) atoms. The molecule has 1 amide bonds. The Hall–Kier alpha value is -1.98. The second kappa shape index (κ2) is 7.28. The molecule has 0 aromatic carbocycles. The summed E-state index contributed by atoms with van der Waals surface area (Å²) in [5.41, 5.74) is -1.23. The standard InChI is InChI=1S/C13H20N4O6S/c1-16(2)24(21,22)8-9-6-23-7-10(9)14-12(19)5-17-4-3-11(18)15-13(17)20/h3-4,9-10H,5-8H2,1-2H3,(H,14,19)(H,15,18,20)/t9-,10+/m0/s1. The highest BCUT2D eigenvalue weighted by Crippen LogP contribution is 2.17. The summed E-state index contributed by atoms with van der Waals surface area (Å²) < 4.78 is 31.4. The second-order valence-corrected chi connectivity index (χ2v) is 8.00. The van der Waals surface area contributed by atoms with E-state index in [0.29, 0.717) is 0 Å². The van der Waals surface area contributed by atoms with Gasteiger partial charge >= 0.3 is 5.69 Å². The van der Waals surface area contributed by atoms with Crippen molar-refractivity contribution in [2.45, 2.75) is 12.6 Å². The van der Waals surface area contributed by atoms with E-state index in [-0.39, 0.29) is 31.4 Å². The van der Waals surface area contributed by atoms with Gasteiger partial charge in [-0.05, 0) is 0 Å². The van der Waals surface area contributed by atoms with E-state index in [2.05, 4.69) is 10.3 Å². The van der Waals surface area contributed by atoms with Crippen LogP contribution in [0.1, 0.15) is 0 Å². The number of nitrogens with one attached hydrogen (secondary N) is 2. The van der Waals surface area contributed by atoms with Gasteiger partial charge in [0.1, 0.15) is 6.54 Å². The number of aromatic amines is 1. The largest absolute Gasteiger partial charge is 0.379 e. The Labute approximate surface area is 138 Å². The van der Waals surface area contributed by atoms with Crippen LogP contribution >= 0.6 is 0 Å². The third kappa shape index (κ3) is 4.52. The number of H-pyrrole nitrogens is 1. The maximum Gasteiger partial charge on any atom is 0.328 e. The van der Waals surface area contributed by atoms with Crippen LogP contribution < -0.4 is 16.6 Å². The highest BCUT2D eigenvalue weighted by molar-refractivity contribution is 7.89. The number of ether oxygens (including phenoxy) is 1. The van der Waals surface area contributed by atoms with E-state index in [4.69, 9.17) is 4.74 Å². The number of sulfonamides is 1. The Morgan fingerprint density at radius 2 is 2.12 bits per heavy atom. The van der Waals surface area contributed by atoms with Gasteiger partial charge < -0.3 is 10.1 Å². The molecule has 1 saturated heterocycles. The van der Waals surface area contributed by atoms with Crippen molar-refractivity contribution in [2.24, 2.45) is 5.92 Å². The molecule has 2 rings (SSSR count). The molecule has 1 aromatic heterocycles. The van der Waals surface area contributed by atoms with Crippen LogP contribution in [0.3, 0.4) is 0 Å². The fraction of sp³-hybridized carbons (Fsp3) is 0.615. The third-order valence-corrected chi connectivity index (χ3v) is 5.70. The van der Waals surface area contributed by atoms with Gasteiger partial charge in [-0.3, -0.25) is 19.1 Å². The smallest absolute Gasteiger partial charge is 0.328 e. The van der Waals surface area contributed by atoms with Gasteiger partial charge in [-0.15, -0.1) is 0 Å². The molecule has 2 N–H and O–H groups in total. The van der Waals surface area contributed by atoms with E-state index in [0.717, 1.165) is 14.9 Å². The molecule has 1 aliphatic heterocycles. The lowest BCUT2D eigenvalue weighted by Crippen LogP contribution is -2.45. The molecular weight excluding hydrogens is 340 g/mol. The van der Waals surface area contributed by atoms with Crippen molar-refractivity contribution in [1.82, 2.24) is 19.2 Å². The lowest BCUT2D eigenvalue weighted by molar-refractivity contribution is -0.122. The number of aromatic nitrogens is 2. The molecule has 1 fully saturated rings. The summed E-state index contributed by atoms with van der Waals surface area (Å²) in [5, 5.41) is 2.68. The minimum Gasteiger partial charge on any atom is -0.379 e. The quantitative estimate of drug-likeness (QED) is 0.579. The van der Waals surface area contributed by atoms with Crippen LogP contribution in [0.4, 0.5) is 0 Å². The number of carbonyl (C=O) groups excluding carboxylic acids is 1. The Bertz CT molecular complexity index is 812. The van der Waals surface area contributed by atoms with Gasteiger partial charge in [0.2, 0.25) is 15.9 Å². The second-order valence-electron chi connectivity index (χ2n) is 5.77.